The van der Waals surface area contributed by atoms with Crippen molar-refractivity contribution in [2.75, 3.05) is 12.9 Å². The van der Waals surface area contributed by atoms with Crippen molar-refractivity contribution in [3.63, 3.8) is 0 Å². The summed E-state index contributed by atoms with van der Waals surface area (Å²) in [6.45, 7) is 4.45. The van der Waals surface area contributed by atoms with E-state index in [1.807, 2.05) is 36.0 Å². The van der Waals surface area contributed by atoms with E-state index in [1.54, 1.807) is 7.11 Å². The molecule has 2 N–H and O–H groups in total. The van der Waals surface area contributed by atoms with Gasteiger partial charge in [0.25, 0.3) is 0 Å². The van der Waals surface area contributed by atoms with Crippen molar-refractivity contribution < 1.29 is 4.74 Å². The third-order valence-electron chi connectivity index (χ3n) is 2.68. The zero-order valence-electron chi connectivity index (χ0n) is 10.3. The summed E-state index contributed by atoms with van der Waals surface area (Å²) >= 11 is 1.93. The fraction of sp³-hybridized carbons (Fsp3) is 0.538. The summed E-state index contributed by atoms with van der Waals surface area (Å²) in [5, 5.41) is 0.685. The molecule has 0 aromatic heterocycles. The predicted octanol–water partition coefficient (Wildman–Crippen LogP) is 3.23. The second-order valence-electron chi connectivity index (χ2n) is 3.93. The van der Waals surface area contributed by atoms with Gasteiger partial charge in [-0.15, -0.1) is 0 Å². The van der Waals surface area contributed by atoms with E-state index in [0.29, 0.717) is 5.25 Å². The molecule has 0 aliphatic rings. The minimum Gasteiger partial charge on any atom is -0.497 e. The number of methoxy groups -OCH3 is 1. The molecule has 3 heteroatoms. The van der Waals surface area contributed by atoms with Crippen molar-refractivity contribution >= 4 is 11.8 Å². The van der Waals surface area contributed by atoms with Gasteiger partial charge in [-0.1, -0.05) is 26.0 Å². The van der Waals surface area contributed by atoms with Crippen LogP contribution in [0.25, 0.3) is 0 Å². The van der Waals surface area contributed by atoms with Crippen LogP contribution >= 0.6 is 11.8 Å². The maximum atomic E-state index is 6.13. The van der Waals surface area contributed by atoms with Crippen LogP contribution in [0.4, 0.5) is 0 Å². The summed E-state index contributed by atoms with van der Waals surface area (Å²) in [5.41, 5.74) is 7.31. The third kappa shape index (κ3) is 4.06. The molecular weight excluding hydrogens is 218 g/mol. The number of thioether (sulfide) groups is 1. The summed E-state index contributed by atoms with van der Waals surface area (Å²) in [6, 6.07) is 8.12. The number of hydrogen-bond donors (Lipinski definition) is 1. The normalized spacial score (nSPS) is 14.5. The van der Waals surface area contributed by atoms with E-state index in [-0.39, 0.29) is 6.04 Å². The van der Waals surface area contributed by atoms with Gasteiger partial charge in [0.15, 0.2) is 0 Å². The smallest absolute Gasteiger partial charge is 0.118 e. The third-order valence-corrected chi connectivity index (χ3v) is 4.13. The number of ether oxygens (including phenoxy) is 1. The lowest BCUT2D eigenvalue weighted by Gasteiger charge is -2.15. The standard InChI is InChI=1S/C13H21NOS/c1-4-10(2)16-9-13(14)11-5-7-12(15-3)8-6-11/h5-8,10,13H,4,9,14H2,1-3H3. The Labute approximate surface area is 103 Å². The molecule has 2 atom stereocenters. The van der Waals surface area contributed by atoms with Crippen LogP contribution in [0.1, 0.15) is 31.9 Å². The lowest BCUT2D eigenvalue weighted by molar-refractivity contribution is 0.414. The zero-order valence-corrected chi connectivity index (χ0v) is 11.1. The highest BCUT2D eigenvalue weighted by Gasteiger charge is 2.08. The monoisotopic (exact) mass is 239 g/mol. The van der Waals surface area contributed by atoms with Gasteiger partial charge in [-0.3, -0.25) is 0 Å². The topological polar surface area (TPSA) is 35.2 Å². The zero-order chi connectivity index (χ0) is 12.0. The molecule has 0 aliphatic heterocycles. The Morgan fingerprint density at radius 3 is 2.44 bits per heavy atom. The van der Waals surface area contributed by atoms with Crippen LogP contribution in [0.5, 0.6) is 5.75 Å². The maximum Gasteiger partial charge on any atom is 0.118 e. The van der Waals surface area contributed by atoms with Crippen molar-refractivity contribution in [2.45, 2.75) is 31.6 Å². The maximum absolute atomic E-state index is 6.13. The quantitative estimate of drug-likeness (QED) is 0.828. The molecule has 0 spiro atoms. The highest BCUT2D eigenvalue weighted by molar-refractivity contribution is 7.99. The molecule has 2 unspecified atom stereocenters. The SMILES string of the molecule is CCC(C)SCC(N)c1ccc(OC)cc1. The molecule has 0 saturated carbocycles. The van der Waals surface area contributed by atoms with Gasteiger partial charge in [-0.05, 0) is 24.1 Å². The highest BCUT2D eigenvalue weighted by Crippen LogP contribution is 2.22. The fourth-order valence-corrected chi connectivity index (χ4v) is 2.30. The summed E-state index contributed by atoms with van der Waals surface area (Å²) in [4.78, 5) is 0. The second kappa shape index (κ2) is 6.81. The van der Waals surface area contributed by atoms with Crippen molar-refractivity contribution in [3.8, 4) is 5.75 Å². The van der Waals surface area contributed by atoms with Crippen LogP contribution < -0.4 is 10.5 Å². The fourth-order valence-electron chi connectivity index (χ4n) is 1.33. The van der Waals surface area contributed by atoms with Gasteiger partial charge in [0, 0.05) is 17.0 Å². The molecule has 1 rings (SSSR count). The van der Waals surface area contributed by atoms with Crippen molar-refractivity contribution in [2.24, 2.45) is 5.73 Å². The predicted molar refractivity (Wildman–Crippen MR) is 72.1 cm³/mol. The summed E-state index contributed by atoms with van der Waals surface area (Å²) in [5.74, 6) is 1.85. The number of benzene rings is 1. The molecular formula is C13H21NOS. The minimum absolute atomic E-state index is 0.116. The molecule has 16 heavy (non-hydrogen) atoms. The Morgan fingerprint density at radius 1 is 1.31 bits per heavy atom. The van der Waals surface area contributed by atoms with Crippen LogP contribution in [0.15, 0.2) is 24.3 Å². The van der Waals surface area contributed by atoms with Gasteiger partial charge in [0.05, 0.1) is 7.11 Å². The van der Waals surface area contributed by atoms with Gasteiger partial charge in [0.1, 0.15) is 5.75 Å². The summed E-state index contributed by atoms with van der Waals surface area (Å²) in [6.07, 6.45) is 1.19. The number of rotatable bonds is 6. The number of hydrogen-bond acceptors (Lipinski definition) is 3. The van der Waals surface area contributed by atoms with Crippen LogP contribution in [0.2, 0.25) is 0 Å². The molecule has 0 bridgehead atoms. The van der Waals surface area contributed by atoms with Crippen LogP contribution in [0.3, 0.4) is 0 Å². The Balaban J connectivity index is 2.49. The van der Waals surface area contributed by atoms with E-state index in [4.69, 9.17) is 10.5 Å². The van der Waals surface area contributed by atoms with Gasteiger partial charge in [-0.25, -0.2) is 0 Å². The summed E-state index contributed by atoms with van der Waals surface area (Å²) in [7, 11) is 1.67. The van der Waals surface area contributed by atoms with E-state index in [9.17, 15) is 0 Å². The van der Waals surface area contributed by atoms with Crippen LogP contribution in [-0.4, -0.2) is 18.1 Å². The van der Waals surface area contributed by atoms with Gasteiger partial charge in [0.2, 0.25) is 0 Å². The van der Waals surface area contributed by atoms with E-state index in [0.717, 1.165) is 11.5 Å². The Kier molecular flexibility index (Phi) is 5.71. The first-order valence-corrected chi connectivity index (χ1v) is 6.73. The van der Waals surface area contributed by atoms with E-state index in [2.05, 4.69) is 13.8 Å². The first kappa shape index (κ1) is 13.4. The first-order chi connectivity index (χ1) is 7.67. The molecule has 0 heterocycles. The van der Waals surface area contributed by atoms with Gasteiger partial charge < -0.3 is 10.5 Å². The van der Waals surface area contributed by atoms with Crippen LogP contribution in [-0.2, 0) is 0 Å². The second-order valence-corrected chi connectivity index (χ2v) is 5.40. The molecule has 0 radical (unpaired) electrons. The summed E-state index contributed by atoms with van der Waals surface area (Å²) < 4.78 is 5.12. The molecule has 0 fully saturated rings. The van der Waals surface area contributed by atoms with E-state index in [1.165, 1.54) is 12.0 Å². The number of nitrogens with two attached hydrogens (primary N) is 1. The molecule has 90 valence electrons. The Morgan fingerprint density at radius 2 is 1.94 bits per heavy atom. The molecule has 2 nitrogen and oxygen atoms in total. The Bertz CT molecular complexity index is 299. The molecule has 1 aromatic rings. The lowest BCUT2D eigenvalue weighted by atomic mass is 10.1. The first-order valence-electron chi connectivity index (χ1n) is 5.68. The van der Waals surface area contributed by atoms with Gasteiger partial charge >= 0.3 is 0 Å². The van der Waals surface area contributed by atoms with Gasteiger partial charge in [-0.2, -0.15) is 11.8 Å². The largest absolute Gasteiger partial charge is 0.497 e. The lowest BCUT2D eigenvalue weighted by Crippen LogP contribution is -2.14. The Hall–Kier alpha value is -0.670. The minimum atomic E-state index is 0.116. The molecule has 0 saturated heterocycles. The highest BCUT2D eigenvalue weighted by atomic mass is 32.2. The average molecular weight is 239 g/mol. The average Bonchev–Trinajstić information content (AvgIpc) is 2.35. The van der Waals surface area contributed by atoms with Crippen molar-refractivity contribution in [1.82, 2.24) is 0 Å². The van der Waals surface area contributed by atoms with Crippen LogP contribution in [0, 0.1) is 0 Å². The van der Waals surface area contributed by atoms with Crippen molar-refractivity contribution in [1.29, 1.82) is 0 Å². The molecule has 0 aliphatic carbocycles. The van der Waals surface area contributed by atoms with E-state index < -0.39 is 0 Å². The van der Waals surface area contributed by atoms with Crippen molar-refractivity contribution in [3.05, 3.63) is 29.8 Å². The van der Waals surface area contributed by atoms with E-state index >= 15 is 0 Å². The molecule has 1 aromatic carbocycles. The molecule has 0 amide bonds.